The summed E-state index contributed by atoms with van der Waals surface area (Å²) in [4.78, 5) is 13.5. The molecule has 34 heavy (non-hydrogen) atoms. The lowest BCUT2D eigenvalue weighted by Gasteiger charge is -2.37. The summed E-state index contributed by atoms with van der Waals surface area (Å²) in [5.74, 6) is 0.469. The van der Waals surface area contributed by atoms with Crippen LogP contribution in [0.25, 0.3) is 0 Å². The minimum atomic E-state index is -0.982. The molecule has 0 saturated carbocycles. The van der Waals surface area contributed by atoms with Crippen molar-refractivity contribution in [2.24, 2.45) is 5.41 Å². The SMILES string of the molecule is CSCCCNC(=O)[C@@H]1N[C@@H](CC(C)(C)C)[C@](C#N)(c2ccc(Cl)cc2)[C@H]1c1cccc(Cl)c1. The second-order valence-electron chi connectivity index (χ2n) is 10.1. The first-order valence-corrected chi connectivity index (χ1v) is 13.7. The molecule has 1 amide bonds. The van der Waals surface area contributed by atoms with Crippen LogP contribution in [0.4, 0.5) is 0 Å². The molecule has 2 aromatic carbocycles. The zero-order valence-corrected chi connectivity index (χ0v) is 22.5. The molecule has 1 aliphatic heterocycles. The Labute approximate surface area is 217 Å². The standard InChI is InChI=1S/C27H33Cl2N3OS/c1-26(2,3)16-22-27(17-30,19-9-11-20(28)12-10-19)23(18-7-5-8-21(29)15-18)24(32-22)25(33)31-13-6-14-34-4/h5,7-12,15,22-24,32H,6,13-14,16H2,1-4H3,(H,31,33)/t22-,23-,24+,27-/m0/s1. The average Bonchev–Trinajstić information content (AvgIpc) is 3.10. The number of nitriles is 1. The van der Waals surface area contributed by atoms with Gasteiger partial charge >= 0.3 is 0 Å². The Bertz CT molecular complexity index is 1030. The summed E-state index contributed by atoms with van der Waals surface area (Å²) in [6.07, 6.45) is 3.67. The van der Waals surface area contributed by atoms with E-state index in [1.807, 2.05) is 48.5 Å². The molecular weight excluding hydrogens is 485 g/mol. The van der Waals surface area contributed by atoms with Gasteiger partial charge in [0.2, 0.25) is 5.91 Å². The van der Waals surface area contributed by atoms with E-state index in [2.05, 4.69) is 43.7 Å². The lowest BCUT2D eigenvalue weighted by atomic mass is 9.63. The van der Waals surface area contributed by atoms with Gasteiger partial charge in [-0.15, -0.1) is 0 Å². The smallest absolute Gasteiger partial charge is 0.237 e. The van der Waals surface area contributed by atoms with E-state index in [0.717, 1.165) is 29.7 Å². The van der Waals surface area contributed by atoms with Crippen LogP contribution in [-0.4, -0.2) is 36.5 Å². The van der Waals surface area contributed by atoms with E-state index in [4.69, 9.17) is 23.2 Å². The van der Waals surface area contributed by atoms with Crippen LogP contribution in [0, 0.1) is 16.7 Å². The zero-order chi connectivity index (χ0) is 24.9. The molecule has 4 nitrogen and oxygen atoms in total. The van der Waals surface area contributed by atoms with Gasteiger partial charge in [0.15, 0.2) is 0 Å². The highest BCUT2D eigenvalue weighted by Crippen LogP contribution is 2.51. The predicted octanol–water partition coefficient (Wildman–Crippen LogP) is 6.18. The van der Waals surface area contributed by atoms with Crippen LogP contribution < -0.4 is 10.6 Å². The molecule has 0 bridgehead atoms. The number of nitrogens with one attached hydrogen (secondary N) is 2. The molecule has 4 atom stereocenters. The fourth-order valence-corrected chi connectivity index (χ4v) is 5.75. The van der Waals surface area contributed by atoms with E-state index in [1.54, 1.807) is 11.8 Å². The van der Waals surface area contributed by atoms with Crippen molar-refractivity contribution >= 4 is 40.9 Å². The highest BCUT2D eigenvalue weighted by molar-refractivity contribution is 7.98. The Morgan fingerprint density at radius 2 is 1.88 bits per heavy atom. The third-order valence-corrected chi connectivity index (χ3v) is 7.58. The van der Waals surface area contributed by atoms with E-state index in [-0.39, 0.29) is 17.4 Å². The fourth-order valence-electron chi connectivity index (χ4n) is 5.00. The summed E-state index contributed by atoms with van der Waals surface area (Å²) < 4.78 is 0. The van der Waals surface area contributed by atoms with E-state index < -0.39 is 17.4 Å². The monoisotopic (exact) mass is 517 g/mol. The largest absolute Gasteiger partial charge is 0.355 e. The zero-order valence-electron chi connectivity index (χ0n) is 20.2. The molecular formula is C27H33Cl2N3OS. The number of thioether (sulfide) groups is 1. The molecule has 1 fully saturated rings. The molecule has 1 saturated heterocycles. The van der Waals surface area contributed by atoms with Crippen LogP contribution >= 0.6 is 35.0 Å². The van der Waals surface area contributed by atoms with Gasteiger partial charge in [-0.25, -0.2) is 0 Å². The van der Waals surface area contributed by atoms with Crippen LogP contribution in [0.5, 0.6) is 0 Å². The summed E-state index contributed by atoms with van der Waals surface area (Å²) in [6.45, 7) is 7.07. The molecule has 3 rings (SSSR count). The van der Waals surface area contributed by atoms with Gasteiger partial charge < -0.3 is 10.6 Å². The minimum Gasteiger partial charge on any atom is -0.355 e. The maximum Gasteiger partial charge on any atom is 0.237 e. The lowest BCUT2D eigenvalue weighted by molar-refractivity contribution is -0.123. The van der Waals surface area contributed by atoms with Crippen molar-refractivity contribution in [1.29, 1.82) is 5.26 Å². The molecule has 7 heteroatoms. The molecule has 0 aromatic heterocycles. The molecule has 1 aliphatic rings. The topological polar surface area (TPSA) is 64.9 Å². The van der Waals surface area contributed by atoms with Gasteiger partial charge in [0.25, 0.3) is 0 Å². The van der Waals surface area contributed by atoms with Crippen molar-refractivity contribution < 1.29 is 4.79 Å². The Morgan fingerprint density at radius 1 is 1.18 bits per heavy atom. The van der Waals surface area contributed by atoms with Gasteiger partial charge in [-0.05, 0) is 65.7 Å². The summed E-state index contributed by atoms with van der Waals surface area (Å²) in [5, 5.41) is 18.8. The number of hydrogen-bond acceptors (Lipinski definition) is 4. The summed E-state index contributed by atoms with van der Waals surface area (Å²) in [6, 6.07) is 16.9. The second kappa shape index (κ2) is 11.4. The van der Waals surface area contributed by atoms with Crippen molar-refractivity contribution in [3.8, 4) is 6.07 Å². The van der Waals surface area contributed by atoms with Crippen molar-refractivity contribution in [1.82, 2.24) is 10.6 Å². The van der Waals surface area contributed by atoms with Crippen molar-refractivity contribution in [2.75, 3.05) is 18.6 Å². The van der Waals surface area contributed by atoms with Crippen LogP contribution in [0.2, 0.25) is 10.0 Å². The first kappa shape index (κ1) is 26.9. The predicted molar refractivity (Wildman–Crippen MR) is 144 cm³/mol. The Morgan fingerprint density at radius 3 is 2.47 bits per heavy atom. The maximum atomic E-state index is 13.5. The van der Waals surface area contributed by atoms with Gasteiger partial charge in [-0.3, -0.25) is 4.79 Å². The molecule has 0 aliphatic carbocycles. The molecule has 182 valence electrons. The van der Waals surface area contributed by atoms with Gasteiger partial charge in [-0.1, -0.05) is 68.2 Å². The summed E-state index contributed by atoms with van der Waals surface area (Å²) >= 11 is 14.4. The summed E-state index contributed by atoms with van der Waals surface area (Å²) in [5.41, 5.74) is 0.680. The molecule has 0 unspecified atom stereocenters. The van der Waals surface area contributed by atoms with E-state index in [0.29, 0.717) is 16.6 Å². The highest BCUT2D eigenvalue weighted by atomic mass is 35.5. The molecule has 0 spiro atoms. The third-order valence-electron chi connectivity index (χ3n) is 6.39. The van der Waals surface area contributed by atoms with Crippen molar-refractivity contribution in [3.05, 3.63) is 69.7 Å². The second-order valence-corrected chi connectivity index (χ2v) is 12.0. The number of halogens is 2. The molecule has 0 radical (unpaired) electrons. The number of nitrogens with zero attached hydrogens (tertiary/aromatic N) is 1. The highest BCUT2D eigenvalue weighted by Gasteiger charge is 2.59. The van der Waals surface area contributed by atoms with Gasteiger partial charge in [0.1, 0.15) is 5.41 Å². The quantitative estimate of drug-likeness (QED) is 0.410. The summed E-state index contributed by atoms with van der Waals surface area (Å²) in [7, 11) is 0. The Kier molecular flexibility index (Phi) is 8.98. The van der Waals surface area contributed by atoms with E-state index in [1.165, 1.54) is 0 Å². The number of hydrogen-bond donors (Lipinski definition) is 2. The van der Waals surface area contributed by atoms with Crippen LogP contribution in [0.3, 0.4) is 0 Å². The normalized spacial score (nSPS) is 24.6. The van der Waals surface area contributed by atoms with Crippen LogP contribution in [-0.2, 0) is 10.2 Å². The molecule has 2 N–H and O–H groups in total. The third kappa shape index (κ3) is 5.91. The Balaban J connectivity index is 2.16. The first-order chi connectivity index (χ1) is 16.1. The lowest BCUT2D eigenvalue weighted by Crippen LogP contribution is -2.45. The first-order valence-electron chi connectivity index (χ1n) is 11.6. The van der Waals surface area contributed by atoms with E-state index >= 15 is 0 Å². The maximum absolute atomic E-state index is 13.5. The van der Waals surface area contributed by atoms with Crippen molar-refractivity contribution in [2.45, 2.75) is 57.0 Å². The van der Waals surface area contributed by atoms with Crippen LogP contribution in [0.1, 0.15) is 50.7 Å². The number of carbonyl (C=O) groups is 1. The number of rotatable bonds is 8. The average molecular weight is 519 g/mol. The van der Waals surface area contributed by atoms with Gasteiger partial charge in [-0.2, -0.15) is 17.0 Å². The number of benzene rings is 2. The fraction of sp³-hybridized carbons (Fsp3) is 0.481. The van der Waals surface area contributed by atoms with Gasteiger partial charge in [0, 0.05) is 28.5 Å². The van der Waals surface area contributed by atoms with Gasteiger partial charge in [0.05, 0.1) is 12.1 Å². The van der Waals surface area contributed by atoms with E-state index in [9.17, 15) is 10.1 Å². The van der Waals surface area contributed by atoms with Crippen LogP contribution in [0.15, 0.2) is 48.5 Å². The van der Waals surface area contributed by atoms with Crippen molar-refractivity contribution in [3.63, 3.8) is 0 Å². The molecule has 1 heterocycles. The Hall–Kier alpha value is -1.71. The number of amides is 1. The minimum absolute atomic E-state index is 0.0607. The number of carbonyl (C=O) groups excluding carboxylic acids is 1. The molecule has 2 aromatic rings.